The van der Waals surface area contributed by atoms with Crippen LogP contribution in [0, 0.1) is 5.92 Å². The first-order valence-electron chi connectivity index (χ1n) is 16.6. The Morgan fingerprint density at radius 2 is 1.24 bits per heavy atom. The van der Waals surface area contributed by atoms with Gasteiger partial charge in [0.05, 0.1) is 38.3 Å². The Balaban J connectivity index is 1.02. The van der Waals surface area contributed by atoms with Gasteiger partial charge in [-0.15, -0.1) is 0 Å². The third-order valence-corrected chi connectivity index (χ3v) is 9.99. The van der Waals surface area contributed by atoms with E-state index in [1.807, 2.05) is 48.5 Å². The second-order valence-electron chi connectivity index (χ2n) is 13.5. The Labute approximate surface area is 268 Å². The largest absolute Gasteiger partial charge is 0.369 e. The summed E-state index contributed by atoms with van der Waals surface area (Å²) in [5.41, 5.74) is 8.45. The van der Waals surface area contributed by atoms with E-state index in [4.69, 9.17) is 5.73 Å². The number of hydrogen-bond acceptors (Lipinski definition) is 4. The smallest absolute Gasteiger partial charge is 0.261 e. The number of unbranched alkanes of at least 4 members (excludes halogenated alkanes) is 4. The molecule has 1 atom stereocenters. The minimum absolute atomic E-state index is 0.136. The number of nitrogens with two attached hydrogens (primary N) is 1. The van der Waals surface area contributed by atoms with Crippen molar-refractivity contribution in [2.24, 2.45) is 11.7 Å². The fourth-order valence-corrected chi connectivity index (χ4v) is 7.53. The zero-order valence-electron chi connectivity index (χ0n) is 27.0. The standard InChI is InChI=1S/C38H48N4O3/c1-42(2,28-16-25-41-35(43)33-21-12-13-22-34(33)36(41)44)27-15-5-3-4-14-24-40-26-23-32(29-40)38(37(39)45,30-17-8-6-9-18-30)31-19-10-7-11-20-31/h6-13,17-22,32H,3-5,14-16,23-29H2,1-2H3,(H-,39,45)/p+1. The van der Waals surface area contributed by atoms with Gasteiger partial charge < -0.3 is 15.1 Å². The van der Waals surface area contributed by atoms with Crippen LogP contribution in [0.25, 0.3) is 0 Å². The maximum atomic E-state index is 13.3. The Kier molecular flexibility index (Phi) is 10.5. The molecule has 0 bridgehead atoms. The summed E-state index contributed by atoms with van der Waals surface area (Å²) in [6.07, 6.45) is 7.70. The Bertz CT molecular complexity index is 1380. The molecule has 238 valence electrons. The summed E-state index contributed by atoms with van der Waals surface area (Å²) >= 11 is 0. The first kappa shape index (κ1) is 32.6. The number of benzene rings is 3. The molecule has 45 heavy (non-hydrogen) atoms. The van der Waals surface area contributed by atoms with Crippen molar-refractivity contribution in [2.45, 2.75) is 50.4 Å². The van der Waals surface area contributed by atoms with Crippen LogP contribution >= 0.6 is 0 Å². The highest BCUT2D eigenvalue weighted by atomic mass is 16.2. The highest BCUT2D eigenvalue weighted by Gasteiger charge is 2.49. The van der Waals surface area contributed by atoms with Gasteiger partial charge in [-0.2, -0.15) is 0 Å². The number of imide groups is 1. The topological polar surface area (TPSA) is 83.7 Å². The van der Waals surface area contributed by atoms with Crippen LogP contribution in [0.2, 0.25) is 0 Å². The third-order valence-electron chi connectivity index (χ3n) is 9.99. The number of carbonyl (C=O) groups is 3. The van der Waals surface area contributed by atoms with Crippen molar-refractivity contribution in [1.82, 2.24) is 9.80 Å². The van der Waals surface area contributed by atoms with Crippen molar-refractivity contribution in [1.29, 1.82) is 0 Å². The summed E-state index contributed by atoms with van der Waals surface area (Å²) in [6, 6.07) is 27.3. The molecule has 3 amide bonds. The number of hydrogen-bond donors (Lipinski definition) is 1. The van der Waals surface area contributed by atoms with Crippen LogP contribution in [0.5, 0.6) is 0 Å². The highest BCUT2D eigenvalue weighted by Crippen LogP contribution is 2.43. The van der Waals surface area contributed by atoms with Gasteiger partial charge in [0.25, 0.3) is 11.8 Å². The van der Waals surface area contributed by atoms with E-state index in [-0.39, 0.29) is 23.6 Å². The molecular formula is C38H49N4O3+. The molecule has 0 aromatic heterocycles. The van der Waals surface area contributed by atoms with Crippen molar-refractivity contribution < 1.29 is 18.9 Å². The summed E-state index contributed by atoms with van der Waals surface area (Å²) in [4.78, 5) is 42.5. The van der Waals surface area contributed by atoms with Gasteiger partial charge in [0.2, 0.25) is 5.91 Å². The van der Waals surface area contributed by atoms with E-state index in [0.29, 0.717) is 17.7 Å². The fourth-order valence-electron chi connectivity index (χ4n) is 7.53. The van der Waals surface area contributed by atoms with E-state index in [1.165, 1.54) is 30.6 Å². The Morgan fingerprint density at radius 1 is 0.733 bits per heavy atom. The van der Waals surface area contributed by atoms with Gasteiger partial charge in [-0.3, -0.25) is 19.3 Å². The third kappa shape index (κ3) is 7.21. The lowest BCUT2D eigenvalue weighted by Gasteiger charge is -2.37. The van der Waals surface area contributed by atoms with Gasteiger partial charge in [0.1, 0.15) is 5.41 Å². The maximum Gasteiger partial charge on any atom is 0.261 e. The molecule has 7 heteroatoms. The van der Waals surface area contributed by atoms with Crippen molar-refractivity contribution in [2.75, 3.05) is 53.4 Å². The number of nitrogens with zero attached hydrogens (tertiary/aromatic N) is 3. The van der Waals surface area contributed by atoms with Gasteiger partial charge in [0.15, 0.2) is 0 Å². The summed E-state index contributed by atoms with van der Waals surface area (Å²) < 4.78 is 0.892. The molecule has 1 saturated heterocycles. The quantitative estimate of drug-likeness (QED) is 0.132. The molecule has 2 N–H and O–H groups in total. The van der Waals surface area contributed by atoms with E-state index in [1.54, 1.807) is 12.1 Å². The monoisotopic (exact) mass is 609 g/mol. The van der Waals surface area contributed by atoms with Crippen LogP contribution in [-0.4, -0.2) is 85.4 Å². The molecule has 3 aromatic rings. The van der Waals surface area contributed by atoms with Crippen LogP contribution in [0.3, 0.4) is 0 Å². The second kappa shape index (κ2) is 14.5. The SMILES string of the molecule is C[N+](C)(CCCCCCCN1CCC(C(C(N)=O)(c2ccccc2)c2ccccc2)C1)CCCN1C(=O)c2ccccc2C1=O. The van der Waals surface area contributed by atoms with E-state index in [9.17, 15) is 14.4 Å². The van der Waals surface area contributed by atoms with E-state index in [0.717, 1.165) is 67.6 Å². The number of primary amides is 1. The number of fused-ring (bicyclic) bond motifs is 1. The summed E-state index contributed by atoms with van der Waals surface area (Å²) in [5.74, 6) is -0.455. The Hall–Kier alpha value is -3.81. The number of likely N-dealkylation sites (tertiary alicyclic amines) is 1. The molecule has 1 fully saturated rings. The molecule has 0 radical (unpaired) electrons. The van der Waals surface area contributed by atoms with Gasteiger partial charge in [-0.25, -0.2) is 0 Å². The van der Waals surface area contributed by atoms with Crippen LogP contribution in [0.15, 0.2) is 84.9 Å². The lowest BCUT2D eigenvalue weighted by molar-refractivity contribution is -0.890. The zero-order valence-corrected chi connectivity index (χ0v) is 27.0. The van der Waals surface area contributed by atoms with Crippen LogP contribution in [-0.2, 0) is 10.2 Å². The minimum atomic E-state index is -0.827. The number of carbonyl (C=O) groups excluding carboxylic acids is 3. The second-order valence-corrected chi connectivity index (χ2v) is 13.5. The number of rotatable bonds is 16. The molecule has 2 heterocycles. The predicted molar refractivity (Wildman–Crippen MR) is 179 cm³/mol. The molecule has 0 spiro atoms. The lowest BCUT2D eigenvalue weighted by atomic mass is 9.64. The molecule has 2 aliphatic heterocycles. The zero-order chi connectivity index (χ0) is 31.9. The molecule has 1 unspecified atom stereocenters. The van der Waals surface area contributed by atoms with Crippen molar-refractivity contribution in [3.05, 3.63) is 107 Å². The fraction of sp³-hybridized carbons (Fsp3) is 0.447. The van der Waals surface area contributed by atoms with E-state index in [2.05, 4.69) is 43.3 Å². The van der Waals surface area contributed by atoms with Gasteiger partial charge in [0, 0.05) is 19.5 Å². The lowest BCUT2D eigenvalue weighted by Crippen LogP contribution is -2.49. The molecule has 2 aliphatic rings. The van der Waals surface area contributed by atoms with Crippen molar-refractivity contribution in [3.8, 4) is 0 Å². The normalized spacial score (nSPS) is 17.2. The molecule has 5 rings (SSSR count). The average Bonchev–Trinajstić information content (AvgIpc) is 3.61. The van der Waals surface area contributed by atoms with Crippen LogP contribution in [0.4, 0.5) is 0 Å². The maximum absolute atomic E-state index is 13.3. The molecular weight excluding hydrogens is 560 g/mol. The first-order chi connectivity index (χ1) is 21.7. The molecule has 0 aliphatic carbocycles. The number of amides is 3. The predicted octanol–water partition coefficient (Wildman–Crippen LogP) is 5.49. The first-order valence-corrected chi connectivity index (χ1v) is 16.6. The number of quaternary nitrogens is 1. The van der Waals surface area contributed by atoms with Gasteiger partial charge in [-0.1, -0.05) is 85.6 Å². The minimum Gasteiger partial charge on any atom is -0.369 e. The Morgan fingerprint density at radius 3 is 1.82 bits per heavy atom. The van der Waals surface area contributed by atoms with Crippen LogP contribution in [0.1, 0.15) is 76.8 Å². The van der Waals surface area contributed by atoms with Crippen molar-refractivity contribution >= 4 is 17.7 Å². The molecule has 3 aromatic carbocycles. The van der Waals surface area contributed by atoms with Crippen LogP contribution < -0.4 is 5.73 Å². The highest BCUT2D eigenvalue weighted by molar-refractivity contribution is 6.21. The van der Waals surface area contributed by atoms with Gasteiger partial charge >= 0.3 is 0 Å². The van der Waals surface area contributed by atoms with Gasteiger partial charge in [-0.05, 0) is 68.0 Å². The van der Waals surface area contributed by atoms with E-state index < -0.39 is 5.41 Å². The summed E-state index contributed by atoms with van der Waals surface area (Å²) in [5, 5.41) is 0. The van der Waals surface area contributed by atoms with E-state index >= 15 is 0 Å². The summed E-state index contributed by atoms with van der Waals surface area (Å²) in [6.45, 7) is 5.41. The molecule has 0 saturated carbocycles. The van der Waals surface area contributed by atoms with Crippen molar-refractivity contribution in [3.63, 3.8) is 0 Å². The summed E-state index contributed by atoms with van der Waals surface area (Å²) in [7, 11) is 4.48. The molecule has 7 nitrogen and oxygen atoms in total. The average molecular weight is 610 g/mol.